The summed E-state index contributed by atoms with van der Waals surface area (Å²) in [5.41, 5.74) is 0.177. The number of ether oxygens (including phenoxy) is 2. The van der Waals surface area contributed by atoms with E-state index in [0.29, 0.717) is 24.4 Å². The van der Waals surface area contributed by atoms with Gasteiger partial charge in [-0.2, -0.15) is 0 Å². The van der Waals surface area contributed by atoms with E-state index < -0.39 is 0 Å². The van der Waals surface area contributed by atoms with Gasteiger partial charge in [0.05, 0.1) is 24.4 Å². The summed E-state index contributed by atoms with van der Waals surface area (Å²) in [6.07, 6.45) is 3.85. The molecule has 0 radical (unpaired) electrons. The topological polar surface area (TPSA) is 33.7 Å². The van der Waals surface area contributed by atoms with E-state index in [1.807, 2.05) is 0 Å². The van der Waals surface area contributed by atoms with Gasteiger partial charge in [-0.25, -0.2) is 0 Å². The summed E-state index contributed by atoms with van der Waals surface area (Å²) in [6, 6.07) is 0. The zero-order valence-corrected chi connectivity index (χ0v) is 13.8. The predicted octanol–water partition coefficient (Wildman–Crippen LogP) is 2.03. The van der Waals surface area contributed by atoms with E-state index in [9.17, 15) is 0 Å². The van der Waals surface area contributed by atoms with Gasteiger partial charge in [-0.15, -0.1) is 0 Å². The highest BCUT2D eigenvalue weighted by Gasteiger charge is 2.30. The van der Waals surface area contributed by atoms with Gasteiger partial charge in [-0.05, 0) is 47.5 Å². The lowest BCUT2D eigenvalue weighted by atomic mass is 10.1. The average Bonchev–Trinajstić information content (AvgIpc) is 2.72. The monoisotopic (exact) mass is 284 g/mol. The van der Waals surface area contributed by atoms with Crippen molar-refractivity contribution in [3.8, 4) is 0 Å². The molecule has 2 aliphatic rings. The molecule has 0 amide bonds. The Hall–Kier alpha value is -0.160. The molecule has 1 N–H and O–H groups in total. The molecular formula is C16H32N2O2. The number of hydrogen-bond acceptors (Lipinski definition) is 4. The van der Waals surface area contributed by atoms with Crippen molar-refractivity contribution in [2.24, 2.45) is 0 Å². The van der Waals surface area contributed by atoms with E-state index in [1.165, 1.54) is 12.8 Å². The Morgan fingerprint density at radius 2 is 1.60 bits per heavy atom. The van der Waals surface area contributed by atoms with Crippen molar-refractivity contribution in [3.63, 3.8) is 0 Å². The van der Waals surface area contributed by atoms with Gasteiger partial charge in [0, 0.05) is 31.7 Å². The van der Waals surface area contributed by atoms with Crippen molar-refractivity contribution in [1.82, 2.24) is 10.2 Å². The van der Waals surface area contributed by atoms with E-state index in [4.69, 9.17) is 9.47 Å². The molecule has 4 atom stereocenters. The largest absolute Gasteiger partial charge is 0.373 e. The standard InChI is InChI=1S/C16H32N2O2/c1-12-9-18(10-13(2)19-12)11-15-7-6-14(20-15)8-17-16(3,4)5/h12-15,17H,6-11H2,1-5H3. The van der Waals surface area contributed by atoms with E-state index in [-0.39, 0.29) is 5.54 Å². The zero-order valence-electron chi connectivity index (χ0n) is 13.8. The minimum absolute atomic E-state index is 0.177. The van der Waals surface area contributed by atoms with Gasteiger partial charge in [0.2, 0.25) is 0 Å². The fraction of sp³-hybridized carbons (Fsp3) is 1.00. The first-order valence-electron chi connectivity index (χ1n) is 8.10. The molecule has 4 heteroatoms. The molecule has 4 unspecified atom stereocenters. The Kier molecular flexibility index (Phi) is 5.46. The van der Waals surface area contributed by atoms with Crippen molar-refractivity contribution in [2.75, 3.05) is 26.2 Å². The predicted molar refractivity (Wildman–Crippen MR) is 82.1 cm³/mol. The van der Waals surface area contributed by atoms with Crippen LogP contribution in [0.15, 0.2) is 0 Å². The van der Waals surface area contributed by atoms with Crippen molar-refractivity contribution < 1.29 is 9.47 Å². The lowest BCUT2D eigenvalue weighted by Gasteiger charge is -2.36. The maximum atomic E-state index is 6.19. The lowest BCUT2D eigenvalue weighted by molar-refractivity contribution is -0.0813. The Balaban J connectivity index is 1.70. The molecule has 2 aliphatic heterocycles. The van der Waals surface area contributed by atoms with Crippen molar-refractivity contribution in [1.29, 1.82) is 0 Å². The summed E-state index contributed by atoms with van der Waals surface area (Å²) in [5, 5.41) is 3.54. The molecule has 4 nitrogen and oxygen atoms in total. The van der Waals surface area contributed by atoms with Crippen LogP contribution in [-0.4, -0.2) is 61.0 Å². The van der Waals surface area contributed by atoms with Crippen LogP contribution in [0.5, 0.6) is 0 Å². The molecule has 118 valence electrons. The van der Waals surface area contributed by atoms with Crippen molar-refractivity contribution in [3.05, 3.63) is 0 Å². The number of rotatable bonds is 4. The van der Waals surface area contributed by atoms with Gasteiger partial charge in [0.1, 0.15) is 0 Å². The minimum Gasteiger partial charge on any atom is -0.373 e. The normalized spacial score (nSPS) is 36.5. The van der Waals surface area contributed by atoms with Crippen LogP contribution >= 0.6 is 0 Å². The fourth-order valence-corrected chi connectivity index (χ4v) is 3.21. The Morgan fingerprint density at radius 3 is 2.20 bits per heavy atom. The van der Waals surface area contributed by atoms with Gasteiger partial charge in [-0.1, -0.05) is 0 Å². The summed E-state index contributed by atoms with van der Waals surface area (Å²) in [7, 11) is 0. The van der Waals surface area contributed by atoms with Crippen LogP contribution in [0.25, 0.3) is 0 Å². The third kappa shape index (κ3) is 5.32. The first kappa shape index (κ1) is 16.2. The lowest BCUT2D eigenvalue weighted by Crippen LogP contribution is -2.48. The second-order valence-corrected chi connectivity index (χ2v) is 7.56. The zero-order chi connectivity index (χ0) is 14.8. The third-order valence-corrected chi connectivity index (χ3v) is 4.01. The molecular weight excluding hydrogens is 252 g/mol. The smallest absolute Gasteiger partial charge is 0.0707 e. The molecule has 0 spiro atoms. The van der Waals surface area contributed by atoms with Crippen LogP contribution in [0, 0.1) is 0 Å². The maximum Gasteiger partial charge on any atom is 0.0707 e. The van der Waals surface area contributed by atoms with E-state index >= 15 is 0 Å². The van der Waals surface area contributed by atoms with Gasteiger partial charge in [0.15, 0.2) is 0 Å². The van der Waals surface area contributed by atoms with Gasteiger partial charge in [-0.3, -0.25) is 4.90 Å². The number of nitrogens with zero attached hydrogens (tertiary/aromatic N) is 1. The number of hydrogen-bond donors (Lipinski definition) is 1. The highest BCUT2D eigenvalue weighted by atomic mass is 16.5. The molecule has 2 saturated heterocycles. The number of morpholine rings is 1. The molecule has 0 aromatic rings. The van der Waals surface area contributed by atoms with Gasteiger partial charge in [0.25, 0.3) is 0 Å². The molecule has 2 rings (SSSR count). The maximum absolute atomic E-state index is 6.19. The summed E-state index contributed by atoms with van der Waals surface area (Å²) in [6.45, 7) is 15.0. The first-order chi connectivity index (χ1) is 9.32. The second-order valence-electron chi connectivity index (χ2n) is 7.56. The Labute approximate surface area is 124 Å². The average molecular weight is 284 g/mol. The molecule has 0 aliphatic carbocycles. The SMILES string of the molecule is CC1CN(CC2CCC(CNC(C)(C)C)O2)CC(C)O1. The molecule has 0 aromatic heterocycles. The Bertz CT molecular complexity index is 293. The first-order valence-corrected chi connectivity index (χ1v) is 8.10. The van der Waals surface area contributed by atoms with E-state index in [0.717, 1.165) is 26.2 Å². The summed E-state index contributed by atoms with van der Waals surface area (Å²) in [4.78, 5) is 2.50. The van der Waals surface area contributed by atoms with Gasteiger partial charge >= 0.3 is 0 Å². The van der Waals surface area contributed by atoms with E-state index in [2.05, 4.69) is 44.8 Å². The summed E-state index contributed by atoms with van der Waals surface area (Å²) >= 11 is 0. The molecule has 0 aromatic carbocycles. The Morgan fingerprint density at radius 1 is 1.00 bits per heavy atom. The van der Waals surface area contributed by atoms with Crippen LogP contribution in [0.4, 0.5) is 0 Å². The summed E-state index contributed by atoms with van der Waals surface area (Å²) < 4.78 is 12.0. The van der Waals surface area contributed by atoms with Crippen LogP contribution in [0.1, 0.15) is 47.5 Å². The summed E-state index contributed by atoms with van der Waals surface area (Å²) in [5.74, 6) is 0. The molecule has 2 heterocycles. The quantitative estimate of drug-likeness (QED) is 0.856. The molecule has 0 saturated carbocycles. The van der Waals surface area contributed by atoms with Crippen LogP contribution in [0.3, 0.4) is 0 Å². The molecule has 0 bridgehead atoms. The molecule has 2 fully saturated rings. The second kappa shape index (κ2) is 6.73. The van der Waals surface area contributed by atoms with Crippen LogP contribution in [0.2, 0.25) is 0 Å². The third-order valence-electron chi connectivity index (χ3n) is 4.01. The van der Waals surface area contributed by atoms with Crippen molar-refractivity contribution >= 4 is 0 Å². The highest BCUT2D eigenvalue weighted by Crippen LogP contribution is 2.22. The highest BCUT2D eigenvalue weighted by molar-refractivity contribution is 4.82. The minimum atomic E-state index is 0.177. The van der Waals surface area contributed by atoms with Crippen LogP contribution in [-0.2, 0) is 9.47 Å². The number of nitrogens with one attached hydrogen (secondary N) is 1. The van der Waals surface area contributed by atoms with Gasteiger partial charge < -0.3 is 14.8 Å². The van der Waals surface area contributed by atoms with E-state index in [1.54, 1.807) is 0 Å². The fourth-order valence-electron chi connectivity index (χ4n) is 3.21. The molecule has 20 heavy (non-hydrogen) atoms. The van der Waals surface area contributed by atoms with Crippen molar-refractivity contribution in [2.45, 2.75) is 77.4 Å². The van der Waals surface area contributed by atoms with Crippen LogP contribution < -0.4 is 5.32 Å².